The first-order valence-corrected chi connectivity index (χ1v) is 15.6. The lowest BCUT2D eigenvalue weighted by molar-refractivity contribution is 0.384. The van der Waals surface area contributed by atoms with Gasteiger partial charge in [0.05, 0.1) is 13.0 Å². The number of rotatable bonds is 10. The molecule has 0 atom stereocenters. The zero-order valence-corrected chi connectivity index (χ0v) is 26.1. The minimum Gasteiger partial charge on any atom is -0.339 e. The van der Waals surface area contributed by atoms with Gasteiger partial charge in [-0.05, 0) is 46.9 Å². The lowest BCUT2D eigenvalue weighted by Crippen LogP contribution is -2.30. The Bertz CT molecular complexity index is 2310. The number of nitrogens with one attached hydrogen (secondary N) is 1. The molecule has 0 saturated carbocycles. The second-order valence-electron chi connectivity index (χ2n) is 11.5. The maximum absolute atomic E-state index is 14.1. The van der Waals surface area contributed by atoms with Gasteiger partial charge in [-0.3, -0.25) is 18.9 Å². The number of aromatic nitrogens is 6. The molecule has 0 amide bonds. The second-order valence-corrected chi connectivity index (χ2v) is 11.5. The average molecular weight is 625 g/mol. The Kier molecular flexibility index (Phi) is 8.14. The summed E-state index contributed by atoms with van der Waals surface area (Å²) in [5.74, 6) is 1.35. The Morgan fingerprint density at radius 1 is 0.787 bits per heavy atom. The van der Waals surface area contributed by atoms with Gasteiger partial charge in [-0.2, -0.15) is 4.98 Å². The number of unbranched alkanes of at least 4 members (excludes halogenated alkanes) is 1. The maximum Gasteiger partial charge on any atom is 0.439 e. The van der Waals surface area contributed by atoms with Gasteiger partial charge in [0, 0.05) is 28.8 Å². The summed E-state index contributed by atoms with van der Waals surface area (Å²) >= 11 is 0. The lowest BCUT2D eigenvalue weighted by Gasteiger charge is -2.16. The summed E-state index contributed by atoms with van der Waals surface area (Å²) in [6.45, 7) is 4.35. The van der Waals surface area contributed by atoms with E-state index in [9.17, 15) is 9.59 Å². The van der Waals surface area contributed by atoms with E-state index in [0.717, 1.165) is 57.3 Å². The van der Waals surface area contributed by atoms with Gasteiger partial charge in [-0.15, -0.1) is 0 Å². The Balaban J connectivity index is 1.18. The van der Waals surface area contributed by atoms with Gasteiger partial charge in [0.15, 0.2) is 5.82 Å². The maximum atomic E-state index is 14.1. The van der Waals surface area contributed by atoms with Crippen LogP contribution in [0.1, 0.15) is 48.3 Å². The summed E-state index contributed by atoms with van der Waals surface area (Å²) in [5.41, 5.74) is 5.47. The van der Waals surface area contributed by atoms with Crippen LogP contribution in [0.3, 0.4) is 0 Å². The summed E-state index contributed by atoms with van der Waals surface area (Å²) in [5, 5.41) is 10.3. The molecule has 10 nitrogen and oxygen atoms in total. The van der Waals surface area contributed by atoms with Crippen molar-refractivity contribution in [2.75, 3.05) is 0 Å². The van der Waals surface area contributed by atoms with Crippen LogP contribution in [0.25, 0.3) is 44.7 Å². The molecule has 3 heterocycles. The Labute approximate surface area is 269 Å². The molecule has 1 N–H and O–H groups in total. The van der Waals surface area contributed by atoms with Gasteiger partial charge in [-0.1, -0.05) is 109 Å². The largest absolute Gasteiger partial charge is 0.439 e. The second kappa shape index (κ2) is 12.8. The first kappa shape index (κ1) is 29.8. The fourth-order valence-corrected chi connectivity index (χ4v) is 5.83. The topological polar surface area (TPSA) is 133 Å². The van der Waals surface area contributed by atoms with E-state index in [4.69, 9.17) is 14.0 Å². The van der Waals surface area contributed by atoms with Gasteiger partial charge in [0.25, 0.3) is 5.56 Å². The number of hydrogen-bond acceptors (Lipinski definition) is 8. The van der Waals surface area contributed by atoms with Gasteiger partial charge in [0.1, 0.15) is 5.82 Å². The Hall–Kier alpha value is -5.90. The molecule has 7 aromatic rings. The number of hydrogen-bond donors (Lipinski definition) is 1. The van der Waals surface area contributed by atoms with Gasteiger partial charge in [-0.25, -0.2) is 9.78 Å². The van der Waals surface area contributed by atoms with Crippen LogP contribution < -0.4 is 11.3 Å². The molecule has 0 fully saturated rings. The SMILES string of the molecule is CCCCc1nc(C)c(Cc2nc(-c3ccc4ccccc4c3)no2)c(=O)n1Cc1ccc(-c2ccccc2-c2noc(=O)[nH]2)cc1. The van der Waals surface area contributed by atoms with Crippen molar-refractivity contribution in [3.63, 3.8) is 0 Å². The van der Waals surface area contributed by atoms with E-state index in [-0.39, 0.29) is 12.0 Å². The van der Waals surface area contributed by atoms with Crippen molar-refractivity contribution in [1.29, 1.82) is 0 Å². The third-order valence-corrected chi connectivity index (χ3v) is 8.33. The predicted octanol–water partition coefficient (Wildman–Crippen LogP) is 6.75. The molecule has 0 unspecified atom stereocenters. The zero-order valence-electron chi connectivity index (χ0n) is 26.1. The first-order chi connectivity index (χ1) is 23.0. The van der Waals surface area contributed by atoms with Crippen LogP contribution in [-0.2, 0) is 19.4 Å². The van der Waals surface area contributed by atoms with Crippen molar-refractivity contribution in [1.82, 2.24) is 29.8 Å². The molecular weight excluding hydrogens is 592 g/mol. The highest BCUT2D eigenvalue weighted by molar-refractivity contribution is 5.86. The molecule has 0 saturated heterocycles. The summed E-state index contributed by atoms with van der Waals surface area (Å²) in [4.78, 5) is 37.8. The van der Waals surface area contributed by atoms with Crippen LogP contribution in [0, 0.1) is 6.92 Å². The number of nitrogens with zero attached hydrogens (tertiary/aromatic N) is 5. The fourth-order valence-electron chi connectivity index (χ4n) is 5.83. The summed E-state index contributed by atoms with van der Waals surface area (Å²) in [6, 6.07) is 29.8. The van der Waals surface area contributed by atoms with Crippen molar-refractivity contribution >= 4 is 10.8 Å². The van der Waals surface area contributed by atoms with E-state index < -0.39 is 5.76 Å². The number of fused-ring (bicyclic) bond motifs is 1. The molecule has 0 aliphatic rings. The number of aromatic amines is 1. The number of benzene rings is 4. The third kappa shape index (κ3) is 6.17. The van der Waals surface area contributed by atoms with Crippen LogP contribution in [0.15, 0.2) is 110 Å². The Morgan fingerprint density at radius 3 is 2.30 bits per heavy atom. The highest BCUT2D eigenvalue weighted by atomic mass is 16.5. The van der Waals surface area contributed by atoms with E-state index in [1.54, 1.807) is 4.57 Å². The Morgan fingerprint density at radius 2 is 1.53 bits per heavy atom. The minimum absolute atomic E-state index is 0.113. The van der Waals surface area contributed by atoms with Crippen molar-refractivity contribution < 1.29 is 9.05 Å². The molecule has 4 aromatic carbocycles. The molecule has 0 radical (unpaired) electrons. The molecule has 0 aliphatic heterocycles. The zero-order chi connectivity index (χ0) is 32.3. The van der Waals surface area contributed by atoms with E-state index in [2.05, 4.69) is 33.3 Å². The number of H-pyrrole nitrogens is 1. The summed E-state index contributed by atoms with van der Waals surface area (Å²) < 4.78 is 12.1. The van der Waals surface area contributed by atoms with E-state index in [1.165, 1.54) is 0 Å². The van der Waals surface area contributed by atoms with E-state index >= 15 is 0 Å². The smallest absolute Gasteiger partial charge is 0.339 e. The lowest BCUT2D eigenvalue weighted by atomic mass is 9.98. The summed E-state index contributed by atoms with van der Waals surface area (Å²) in [6.07, 6.45) is 2.79. The molecule has 3 aromatic heterocycles. The third-order valence-electron chi connectivity index (χ3n) is 8.33. The monoisotopic (exact) mass is 624 g/mol. The highest BCUT2D eigenvalue weighted by Gasteiger charge is 2.19. The van der Waals surface area contributed by atoms with Gasteiger partial charge in [0.2, 0.25) is 11.7 Å². The normalized spacial score (nSPS) is 11.4. The van der Waals surface area contributed by atoms with Crippen LogP contribution in [0.5, 0.6) is 0 Å². The van der Waals surface area contributed by atoms with Gasteiger partial charge < -0.3 is 4.52 Å². The molecule has 0 bridgehead atoms. The van der Waals surface area contributed by atoms with Crippen LogP contribution in [0.2, 0.25) is 0 Å². The van der Waals surface area contributed by atoms with E-state index in [0.29, 0.717) is 41.8 Å². The number of aryl methyl sites for hydroxylation is 2. The molecule has 10 heteroatoms. The van der Waals surface area contributed by atoms with Gasteiger partial charge >= 0.3 is 5.76 Å². The average Bonchev–Trinajstić information content (AvgIpc) is 3.76. The quantitative estimate of drug-likeness (QED) is 0.177. The molecule has 0 spiro atoms. The molecule has 234 valence electrons. The van der Waals surface area contributed by atoms with Crippen molar-refractivity contribution in [3.05, 3.63) is 140 Å². The fraction of sp³-hybridized carbons (Fsp3) is 0.189. The van der Waals surface area contributed by atoms with Crippen LogP contribution in [0.4, 0.5) is 0 Å². The molecule has 7 rings (SSSR count). The van der Waals surface area contributed by atoms with E-state index in [1.807, 2.05) is 91.9 Å². The predicted molar refractivity (Wildman–Crippen MR) is 179 cm³/mol. The van der Waals surface area contributed by atoms with Crippen molar-refractivity contribution in [3.8, 4) is 33.9 Å². The van der Waals surface area contributed by atoms with Crippen molar-refractivity contribution in [2.24, 2.45) is 0 Å². The van der Waals surface area contributed by atoms with Crippen LogP contribution >= 0.6 is 0 Å². The standard InChI is InChI=1S/C37H32N6O4/c1-3-4-13-32-38-23(2)31(21-33-39-34(41-46-33)28-19-18-25-9-5-6-10-27(25)20-28)36(44)43(32)22-24-14-16-26(17-15-24)29-11-7-8-12-30(29)35-40-37(45)47-42-35/h5-12,14-20H,3-4,13,21-22H2,1-2H3,(H,40,42,45). The molecular formula is C37H32N6O4. The van der Waals surface area contributed by atoms with Crippen molar-refractivity contribution in [2.45, 2.75) is 46.1 Å². The van der Waals surface area contributed by atoms with Crippen LogP contribution in [-0.4, -0.2) is 29.8 Å². The first-order valence-electron chi connectivity index (χ1n) is 15.6. The summed E-state index contributed by atoms with van der Waals surface area (Å²) in [7, 11) is 0. The molecule has 0 aliphatic carbocycles. The minimum atomic E-state index is -0.606. The molecule has 47 heavy (non-hydrogen) atoms. The highest BCUT2D eigenvalue weighted by Crippen LogP contribution is 2.30.